The number of carbonyl (C=O) groups is 1. The fourth-order valence-electron chi connectivity index (χ4n) is 2.74. The molecule has 5 rings (SSSR count). The zero-order valence-electron chi connectivity index (χ0n) is 12.2. The van der Waals surface area contributed by atoms with Crippen molar-refractivity contribution in [2.24, 2.45) is 5.41 Å². The summed E-state index contributed by atoms with van der Waals surface area (Å²) in [5.74, 6) is 6.61. The number of aromatic nitrogens is 2. The van der Waals surface area contributed by atoms with Crippen LogP contribution in [0.5, 0.6) is 11.8 Å². The SMILES string of the molecule is CNc1c(Cl)noc1C#Cc1nc2c(o1)OC1=C(O2)C(=O)C12CC2. The van der Waals surface area contributed by atoms with Crippen molar-refractivity contribution in [3.63, 3.8) is 0 Å². The Bertz CT molecular complexity index is 1000. The number of anilines is 1. The van der Waals surface area contributed by atoms with Gasteiger partial charge in [0.2, 0.25) is 17.3 Å². The summed E-state index contributed by atoms with van der Waals surface area (Å²) in [7, 11) is 1.67. The van der Waals surface area contributed by atoms with Gasteiger partial charge < -0.3 is 23.7 Å². The normalized spacial score (nSPS) is 18.7. The summed E-state index contributed by atoms with van der Waals surface area (Å²) < 4.78 is 21.5. The first-order valence-electron chi connectivity index (χ1n) is 7.13. The van der Waals surface area contributed by atoms with Crippen molar-refractivity contribution in [3.8, 4) is 23.7 Å². The van der Waals surface area contributed by atoms with Crippen LogP contribution in [0.4, 0.5) is 5.69 Å². The lowest BCUT2D eigenvalue weighted by molar-refractivity contribution is -0.127. The second-order valence-electron chi connectivity index (χ2n) is 5.56. The Kier molecular flexibility index (Phi) is 2.44. The van der Waals surface area contributed by atoms with Gasteiger partial charge in [0.25, 0.3) is 5.89 Å². The van der Waals surface area contributed by atoms with Gasteiger partial charge in [-0.25, -0.2) is 0 Å². The minimum absolute atomic E-state index is 0.0336. The largest absolute Gasteiger partial charge is 0.426 e. The lowest BCUT2D eigenvalue weighted by atomic mass is 9.84. The maximum atomic E-state index is 12.0. The number of fused-ring (bicyclic) bond motifs is 2. The Balaban J connectivity index is 1.44. The molecular weight excluding hydrogens is 338 g/mol. The number of oxazole rings is 1. The monoisotopic (exact) mass is 345 g/mol. The first-order chi connectivity index (χ1) is 11.6. The molecule has 1 fully saturated rings. The molecule has 2 aliphatic carbocycles. The van der Waals surface area contributed by atoms with E-state index in [0.717, 1.165) is 12.8 Å². The maximum absolute atomic E-state index is 12.0. The number of hydrogen-bond acceptors (Lipinski definition) is 8. The highest BCUT2D eigenvalue weighted by molar-refractivity contribution is 6.32. The second kappa shape index (κ2) is 4.33. The molecule has 8 nitrogen and oxygen atoms in total. The number of ketones is 1. The number of rotatable bonds is 1. The lowest BCUT2D eigenvalue weighted by Gasteiger charge is -2.31. The van der Waals surface area contributed by atoms with Crippen LogP contribution in [0.1, 0.15) is 24.5 Å². The maximum Gasteiger partial charge on any atom is 0.358 e. The van der Waals surface area contributed by atoms with Gasteiger partial charge in [-0.2, -0.15) is 4.98 Å². The van der Waals surface area contributed by atoms with Gasteiger partial charge in [0.15, 0.2) is 10.9 Å². The lowest BCUT2D eigenvalue weighted by Crippen LogP contribution is -2.40. The van der Waals surface area contributed by atoms with Gasteiger partial charge in [-0.15, -0.1) is 0 Å². The predicted molar refractivity (Wildman–Crippen MR) is 78.5 cm³/mol. The molecule has 0 radical (unpaired) electrons. The molecule has 2 aromatic rings. The number of allylic oxidation sites excluding steroid dienone is 2. The fourth-order valence-corrected chi connectivity index (χ4v) is 2.96. The highest BCUT2D eigenvalue weighted by Crippen LogP contribution is 2.63. The Hall–Kier alpha value is -2.92. The van der Waals surface area contributed by atoms with Crippen LogP contribution in [0.3, 0.4) is 0 Å². The van der Waals surface area contributed by atoms with Gasteiger partial charge in [-0.05, 0) is 18.8 Å². The van der Waals surface area contributed by atoms with Gasteiger partial charge in [-0.1, -0.05) is 16.8 Å². The van der Waals surface area contributed by atoms with Crippen molar-refractivity contribution in [1.82, 2.24) is 10.1 Å². The molecule has 0 atom stereocenters. The van der Waals surface area contributed by atoms with Gasteiger partial charge in [0.1, 0.15) is 5.69 Å². The summed E-state index contributed by atoms with van der Waals surface area (Å²) in [6.45, 7) is 0. The quantitative estimate of drug-likeness (QED) is 0.784. The molecule has 1 spiro atoms. The van der Waals surface area contributed by atoms with Gasteiger partial charge in [-0.3, -0.25) is 4.79 Å². The van der Waals surface area contributed by atoms with Crippen molar-refractivity contribution in [2.75, 3.05) is 12.4 Å². The molecule has 120 valence electrons. The number of nitrogens with zero attached hydrogens (tertiary/aromatic N) is 2. The molecule has 1 saturated carbocycles. The topological polar surface area (TPSA) is 99.6 Å². The predicted octanol–water partition coefficient (Wildman–Crippen LogP) is 2.10. The Morgan fingerprint density at radius 2 is 2.12 bits per heavy atom. The van der Waals surface area contributed by atoms with E-state index < -0.39 is 5.41 Å². The summed E-state index contributed by atoms with van der Waals surface area (Å²) >= 11 is 5.84. The summed E-state index contributed by atoms with van der Waals surface area (Å²) in [6, 6.07) is 0. The Labute approximate surface area is 139 Å². The third kappa shape index (κ3) is 1.62. The van der Waals surface area contributed by atoms with E-state index in [1.807, 2.05) is 0 Å². The minimum Gasteiger partial charge on any atom is -0.426 e. The number of halogens is 1. The van der Waals surface area contributed by atoms with Crippen LogP contribution in [0.15, 0.2) is 20.5 Å². The van der Waals surface area contributed by atoms with Gasteiger partial charge in [0, 0.05) is 13.0 Å². The van der Waals surface area contributed by atoms with E-state index in [9.17, 15) is 4.79 Å². The summed E-state index contributed by atoms with van der Waals surface area (Å²) in [5.41, 5.74) is -0.0114. The molecule has 1 N–H and O–H groups in total. The molecule has 2 aromatic heterocycles. The van der Waals surface area contributed by atoms with E-state index in [-0.39, 0.29) is 40.2 Å². The van der Waals surface area contributed by atoms with Gasteiger partial charge >= 0.3 is 11.8 Å². The highest BCUT2D eigenvalue weighted by atomic mass is 35.5. The molecule has 0 amide bonds. The Morgan fingerprint density at radius 3 is 2.88 bits per heavy atom. The summed E-state index contributed by atoms with van der Waals surface area (Å²) in [4.78, 5) is 16.1. The highest BCUT2D eigenvalue weighted by Gasteiger charge is 2.67. The van der Waals surface area contributed by atoms with E-state index in [1.54, 1.807) is 7.05 Å². The number of nitrogens with one attached hydrogen (secondary N) is 1. The van der Waals surface area contributed by atoms with Crippen molar-refractivity contribution in [3.05, 3.63) is 28.3 Å². The molecule has 0 unspecified atom stereocenters. The number of ether oxygens (including phenoxy) is 2. The summed E-state index contributed by atoms with van der Waals surface area (Å²) in [6.07, 6.45) is 1.56. The van der Waals surface area contributed by atoms with Crippen LogP contribution >= 0.6 is 11.6 Å². The van der Waals surface area contributed by atoms with Crippen LogP contribution in [0.25, 0.3) is 0 Å². The van der Waals surface area contributed by atoms with E-state index >= 15 is 0 Å². The van der Waals surface area contributed by atoms with Crippen LogP contribution in [-0.4, -0.2) is 23.0 Å². The number of Topliss-reactive ketones (excluding diaryl/α,β-unsaturated/α-hetero) is 1. The van der Waals surface area contributed by atoms with E-state index in [4.69, 9.17) is 30.0 Å². The van der Waals surface area contributed by atoms with Crippen LogP contribution in [0.2, 0.25) is 5.15 Å². The molecule has 0 aromatic carbocycles. The first kappa shape index (κ1) is 13.5. The van der Waals surface area contributed by atoms with Crippen LogP contribution in [-0.2, 0) is 4.79 Å². The fraction of sp³-hybridized carbons (Fsp3) is 0.267. The molecule has 9 heteroatoms. The average molecular weight is 346 g/mol. The van der Waals surface area contributed by atoms with Crippen LogP contribution in [0, 0.1) is 17.3 Å². The van der Waals surface area contributed by atoms with Gasteiger partial charge in [0.05, 0.1) is 5.41 Å². The zero-order chi connectivity index (χ0) is 16.5. The van der Waals surface area contributed by atoms with Crippen molar-refractivity contribution in [1.29, 1.82) is 0 Å². The first-order valence-corrected chi connectivity index (χ1v) is 7.51. The van der Waals surface area contributed by atoms with E-state index in [0.29, 0.717) is 11.4 Å². The standard InChI is InChI=1S/C15H8ClN3O5/c1-17-8-6(24-19-12(8)16)2-3-7-18-13-14(21-7)23-11-9(22-13)10(20)15(11)4-5-15/h17H,4-5H2,1H3. The molecule has 0 saturated heterocycles. The molecule has 0 bridgehead atoms. The second-order valence-corrected chi connectivity index (χ2v) is 5.92. The molecule has 3 heterocycles. The zero-order valence-corrected chi connectivity index (χ0v) is 13.0. The number of hydrogen-bond donors (Lipinski definition) is 1. The third-order valence-corrected chi connectivity index (χ3v) is 4.43. The average Bonchev–Trinajstić information content (AvgIpc) is 3.22. The number of carbonyl (C=O) groups excluding carboxylic acids is 1. The Morgan fingerprint density at radius 1 is 1.29 bits per heavy atom. The van der Waals surface area contributed by atoms with E-state index in [1.165, 1.54) is 0 Å². The third-order valence-electron chi connectivity index (χ3n) is 4.18. The minimum atomic E-state index is -0.482. The van der Waals surface area contributed by atoms with Crippen LogP contribution < -0.4 is 14.8 Å². The van der Waals surface area contributed by atoms with Crippen molar-refractivity contribution in [2.45, 2.75) is 12.8 Å². The van der Waals surface area contributed by atoms with Crippen molar-refractivity contribution < 1.29 is 23.2 Å². The van der Waals surface area contributed by atoms with Crippen molar-refractivity contribution >= 4 is 23.1 Å². The molecule has 24 heavy (non-hydrogen) atoms. The summed E-state index contributed by atoms with van der Waals surface area (Å²) in [5, 5.41) is 6.62. The molecular formula is C15H8ClN3O5. The molecule has 3 aliphatic rings. The van der Waals surface area contributed by atoms with E-state index in [2.05, 4.69) is 27.3 Å². The molecule has 1 aliphatic heterocycles. The smallest absolute Gasteiger partial charge is 0.358 e.